The molecule has 0 fully saturated rings. The predicted octanol–water partition coefficient (Wildman–Crippen LogP) is 3.44. The highest BCUT2D eigenvalue weighted by Gasteiger charge is 2.26. The lowest BCUT2D eigenvalue weighted by molar-refractivity contribution is -0.384. The zero-order valence-corrected chi connectivity index (χ0v) is 12.4. The smallest absolute Gasteiger partial charge is 0.292 e. The second-order valence-electron chi connectivity index (χ2n) is 4.91. The van der Waals surface area contributed by atoms with E-state index in [-0.39, 0.29) is 16.7 Å². The number of nitrogens with one attached hydrogen (secondary N) is 1. The van der Waals surface area contributed by atoms with Gasteiger partial charge in [-0.15, -0.1) is 0 Å². The topological polar surface area (TPSA) is 58.4 Å². The van der Waals surface area contributed by atoms with Gasteiger partial charge in [-0.3, -0.25) is 15.0 Å². The molecule has 0 aromatic heterocycles. The molecule has 1 aromatic carbocycles. The van der Waals surface area contributed by atoms with Crippen molar-refractivity contribution in [1.29, 1.82) is 0 Å². The molecule has 1 atom stereocenters. The quantitative estimate of drug-likeness (QED) is 0.527. The number of anilines is 1. The number of nitrogens with zero attached hydrogens (tertiary/aromatic N) is 2. The largest absolute Gasteiger partial charge is 0.378 e. The van der Waals surface area contributed by atoms with Crippen LogP contribution in [0.3, 0.4) is 0 Å². The molecule has 0 bridgehead atoms. The van der Waals surface area contributed by atoms with Gasteiger partial charge in [-0.25, -0.2) is 0 Å². The summed E-state index contributed by atoms with van der Waals surface area (Å²) < 4.78 is 0. The first-order chi connectivity index (χ1) is 9.54. The Hall–Kier alpha value is -1.59. The van der Waals surface area contributed by atoms with E-state index in [2.05, 4.69) is 23.2 Å². The normalized spacial score (nSPS) is 19.4. The van der Waals surface area contributed by atoms with Gasteiger partial charge in [0.1, 0.15) is 5.69 Å². The Kier molecular flexibility index (Phi) is 4.62. The number of nitro groups is 1. The summed E-state index contributed by atoms with van der Waals surface area (Å²) in [6.45, 7) is 6.15. The zero-order valence-electron chi connectivity index (χ0n) is 11.6. The number of hydrogen-bond donors (Lipinski definition) is 1. The maximum Gasteiger partial charge on any atom is 0.292 e. The lowest BCUT2D eigenvalue weighted by Gasteiger charge is -2.25. The lowest BCUT2D eigenvalue weighted by atomic mass is 10.1. The minimum absolute atomic E-state index is 0.0875. The van der Waals surface area contributed by atoms with Gasteiger partial charge < -0.3 is 5.32 Å². The number of rotatable bonds is 3. The van der Waals surface area contributed by atoms with Crippen LogP contribution < -0.4 is 5.32 Å². The third-order valence-electron chi connectivity index (χ3n) is 3.56. The van der Waals surface area contributed by atoms with Gasteiger partial charge in [0, 0.05) is 42.3 Å². The summed E-state index contributed by atoms with van der Waals surface area (Å²) in [5.74, 6) is 0. The van der Waals surface area contributed by atoms with Gasteiger partial charge in [0.25, 0.3) is 5.69 Å². The molecular weight excluding hydrogens is 278 g/mol. The highest BCUT2D eigenvalue weighted by atomic mass is 35.5. The van der Waals surface area contributed by atoms with Crippen molar-refractivity contribution in [1.82, 2.24) is 4.90 Å². The minimum atomic E-state index is -0.367. The summed E-state index contributed by atoms with van der Waals surface area (Å²) in [6.07, 6.45) is 4.08. The van der Waals surface area contributed by atoms with Crippen LogP contribution in [0, 0.1) is 10.1 Å². The van der Waals surface area contributed by atoms with Gasteiger partial charge in [0.2, 0.25) is 0 Å². The van der Waals surface area contributed by atoms with Gasteiger partial charge in [-0.1, -0.05) is 23.8 Å². The van der Waals surface area contributed by atoms with Crippen LogP contribution in [0.5, 0.6) is 0 Å². The number of halogens is 1. The lowest BCUT2D eigenvalue weighted by Crippen LogP contribution is -2.35. The molecule has 20 heavy (non-hydrogen) atoms. The molecule has 5 nitrogen and oxygen atoms in total. The van der Waals surface area contributed by atoms with Gasteiger partial charge in [-0.05, 0) is 19.9 Å². The van der Waals surface area contributed by atoms with Crippen molar-refractivity contribution < 1.29 is 4.92 Å². The van der Waals surface area contributed by atoms with Crippen molar-refractivity contribution >= 4 is 23.0 Å². The Balaban J connectivity index is 2.41. The average molecular weight is 296 g/mol. The predicted molar refractivity (Wildman–Crippen MR) is 81.3 cm³/mol. The van der Waals surface area contributed by atoms with Crippen LogP contribution in [0.25, 0.3) is 0 Å². The second kappa shape index (κ2) is 6.24. The van der Waals surface area contributed by atoms with Crippen molar-refractivity contribution in [3.8, 4) is 0 Å². The summed E-state index contributed by atoms with van der Waals surface area (Å²) >= 11 is 6.23. The number of fused-ring (bicyclic) bond motifs is 1. The van der Waals surface area contributed by atoms with Crippen molar-refractivity contribution in [3.05, 3.63) is 45.0 Å². The molecule has 0 amide bonds. The van der Waals surface area contributed by atoms with Gasteiger partial charge in [0.05, 0.1) is 4.92 Å². The van der Waals surface area contributed by atoms with Crippen LogP contribution in [0.1, 0.15) is 19.4 Å². The molecule has 1 heterocycles. The molecule has 1 aliphatic heterocycles. The van der Waals surface area contributed by atoms with E-state index in [9.17, 15) is 10.1 Å². The maximum atomic E-state index is 11.1. The van der Waals surface area contributed by atoms with Crippen molar-refractivity contribution in [2.45, 2.75) is 26.4 Å². The van der Waals surface area contributed by atoms with Crippen molar-refractivity contribution in [3.63, 3.8) is 0 Å². The molecule has 1 aromatic rings. The fourth-order valence-electron chi connectivity index (χ4n) is 2.34. The minimum Gasteiger partial charge on any atom is -0.378 e. The molecule has 1 N–H and O–H groups in total. The van der Waals surface area contributed by atoms with Crippen LogP contribution in [-0.2, 0) is 6.54 Å². The summed E-state index contributed by atoms with van der Waals surface area (Å²) in [5.41, 5.74) is 1.44. The van der Waals surface area contributed by atoms with Crippen LogP contribution in [0.2, 0.25) is 5.02 Å². The van der Waals surface area contributed by atoms with Crippen LogP contribution >= 0.6 is 11.6 Å². The standard InChI is InChI=1S/C14H18ClN3O2/c1-3-4-7-17-9-11-12(15)5-6-13(18(19)20)14(11)16-8-10(17)2/h3-6,10,16H,7-9H2,1-2H3/b4-3+/t10-/m0/s1. The van der Waals surface area contributed by atoms with Crippen LogP contribution in [0.15, 0.2) is 24.3 Å². The second-order valence-corrected chi connectivity index (χ2v) is 5.31. The highest BCUT2D eigenvalue weighted by Crippen LogP contribution is 2.36. The van der Waals surface area contributed by atoms with E-state index in [1.807, 2.05) is 13.0 Å². The Morgan fingerprint density at radius 3 is 3.00 bits per heavy atom. The molecule has 0 saturated carbocycles. The molecule has 1 aliphatic rings. The molecule has 108 valence electrons. The van der Waals surface area contributed by atoms with Crippen molar-refractivity contribution in [2.24, 2.45) is 0 Å². The molecule has 0 unspecified atom stereocenters. The Bertz CT molecular complexity index is 545. The Labute approximate surface area is 123 Å². The fraction of sp³-hybridized carbons (Fsp3) is 0.429. The van der Waals surface area contributed by atoms with E-state index in [0.717, 1.165) is 12.1 Å². The number of nitro benzene ring substituents is 1. The first-order valence-corrected chi connectivity index (χ1v) is 6.97. The average Bonchev–Trinajstić information content (AvgIpc) is 2.57. The van der Waals surface area contributed by atoms with E-state index < -0.39 is 0 Å². The van der Waals surface area contributed by atoms with E-state index in [1.165, 1.54) is 6.07 Å². The summed E-state index contributed by atoms with van der Waals surface area (Å²) in [5, 5.41) is 14.9. The molecule has 0 aliphatic carbocycles. The Morgan fingerprint density at radius 1 is 1.60 bits per heavy atom. The Morgan fingerprint density at radius 2 is 2.35 bits per heavy atom. The van der Waals surface area contributed by atoms with E-state index in [0.29, 0.717) is 23.8 Å². The van der Waals surface area contributed by atoms with Gasteiger partial charge >= 0.3 is 0 Å². The summed E-state index contributed by atoms with van der Waals surface area (Å²) in [7, 11) is 0. The molecule has 0 spiro atoms. The maximum absolute atomic E-state index is 11.1. The monoisotopic (exact) mass is 295 g/mol. The molecule has 2 rings (SSSR count). The third kappa shape index (κ3) is 2.94. The van der Waals surface area contributed by atoms with E-state index >= 15 is 0 Å². The highest BCUT2D eigenvalue weighted by molar-refractivity contribution is 6.32. The number of hydrogen-bond acceptors (Lipinski definition) is 4. The summed E-state index contributed by atoms with van der Waals surface area (Å²) in [6, 6.07) is 3.33. The van der Waals surface area contributed by atoms with E-state index in [1.54, 1.807) is 6.07 Å². The molecule has 6 heteroatoms. The SMILES string of the molecule is C/C=C/CN1Cc2c(Cl)ccc([N+](=O)[O-])c2NC[C@@H]1C. The first-order valence-electron chi connectivity index (χ1n) is 6.59. The molecule has 0 radical (unpaired) electrons. The summed E-state index contributed by atoms with van der Waals surface area (Å²) in [4.78, 5) is 13.0. The van der Waals surface area contributed by atoms with Crippen LogP contribution in [-0.4, -0.2) is 29.0 Å². The number of allylic oxidation sites excluding steroid dienone is 1. The number of benzene rings is 1. The van der Waals surface area contributed by atoms with Crippen molar-refractivity contribution in [2.75, 3.05) is 18.4 Å². The van der Waals surface area contributed by atoms with E-state index in [4.69, 9.17) is 11.6 Å². The van der Waals surface area contributed by atoms with Gasteiger partial charge in [-0.2, -0.15) is 0 Å². The van der Waals surface area contributed by atoms with Crippen LogP contribution in [0.4, 0.5) is 11.4 Å². The molecular formula is C14H18ClN3O2. The first kappa shape index (κ1) is 14.8. The molecule has 0 saturated heterocycles. The fourth-order valence-corrected chi connectivity index (χ4v) is 2.55. The zero-order chi connectivity index (χ0) is 14.7. The van der Waals surface area contributed by atoms with Gasteiger partial charge in [0.15, 0.2) is 0 Å². The third-order valence-corrected chi connectivity index (χ3v) is 3.92.